The summed E-state index contributed by atoms with van der Waals surface area (Å²) >= 11 is 0. The maximum atomic E-state index is 6.62. The molecular weight excluding hydrogens is 601 g/mol. The van der Waals surface area contributed by atoms with E-state index in [-0.39, 0.29) is 0 Å². The summed E-state index contributed by atoms with van der Waals surface area (Å²) < 4.78 is 6.62. The lowest BCUT2D eigenvalue weighted by atomic mass is 9.98. The molecule has 2 aliphatic heterocycles. The van der Waals surface area contributed by atoms with E-state index in [1.807, 2.05) is 30.3 Å². The van der Waals surface area contributed by atoms with Crippen molar-refractivity contribution in [1.82, 2.24) is 19.9 Å². The Kier molecular flexibility index (Phi) is 6.11. The van der Waals surface area contributed by atoms with E-state index < -0.39 is 0 Å². The van der Waals surface area contributed by atoms with Crippen LogP contribution in [0.2, 0.25) is 0 Å². The van der Waals surface area contributed by atoms with Crippen molar-refractivity contribution in [2.75, 3.05) is 0 Å². The number of hydrogen-bond donors (Lipinski definition) is 0. The normalized spacial score (nSPS) is 11.7. The van der Waals surface area contributed by atoms with Gasteiger partial charge in [-0.15, -0.1) is 0 Å². The highest BCUT2D eigenvalue weighted by molar-refractivity contribution is 6.10. The van der Waals surface area contributed by atoms with E-state index in [0.717, 1.165) is 71.9 Å². The predicted octanol–water partition coefficient (Wildman–Crippen LogP) is 11.2. The van der Waals surface area contributed by atoms with Gasteiger partial charge >= 0.3 is 0 Å². The fraction of sp³-hybridized carbons (Fsp3) is 0. The molecule has 0 amide bonds. The molecule has 0 aliphatic carbocycles. The quantitative estimate of drug-likeness (QED) is 0.194. The molecule has 5 nitrogen and oxygen atoms in total. The zero-order valence-electron chi connectivity index (χ0n) is 26.2. The van der Waals surface area contributed by atoms with Crippen LogP contribution in [0, 0.1) is 0 Å². The third kappa shape index (κ3) is 4.63. The van der Waals surface area contributed by atoms with Gasteiger partial charge in [0.05, 0.1) is 16.8 Å². The number of nitrogens with zero attached hydrogens (tertiary/aromatic N) is 4. The van der Waals surface area contributed by atoms with Crippen LogP contribution in [0.25, 0.3) is 100 Å². The molecule has 0 unspecified atom stereocenters. The summed E-state index contributed by atoms with van der Waals surface area (Å²) in [6, 6.07) is 54.0. The predicted molar refractivity (Wildman–Crippen MR) is 198 cm³/mol. The van der Waals surface area contributed by atoms with Gasteiger partial charge in [0, 0.05) is 33.0 Å². The zero-order valence-corrected chi connectivity index (χ0v) is 26.2. The second-order valence-corrected chi connectivity index (χ2v) is 12.3. The Bertz CT molecular complexity index is 2740. The topological polar surface area (TPSA) is 64.7 Å². The van der Waals surface area contributed by atoms with Crippen molar-refractivity contribution in [2.24, 2.45) is 0 Å². The lowest BCUT2D eigenvalue weighted by Crippen LogP contribution is -2.00. The van der Waals surface area contributed by atoms with Crippen molar-refractivity contribution in [3.8, 4) is 56.7 Å². The summed E-state index contributed by atoms with van der Waals surface area (Å²) in [5, 5.41) is 6.70. The highest BCUT2D eigenvalue weighted by Gasteiger charge is 2.23. The monoisotopic (exact) mass is 626 g/mol. The maximum Gasteiger partial charge on any atom is 0.164 e. The Morgan fingerprint density at radius 3 is 1.51 bits per heavy atom. The second-order valence-electron chi connectivity index (χ2n) is 12.3. The highest BCUT2D eigenvalue weighted by atomic mass is 16.3. The first-order valence-corrected chi connectivity index (χ1v) is 16.3. The molecule has 2 aliphatic rings. The number of aromatic nitrogens is 4. The third-order valence-electron chi connectivity index (χ3n) is 9.28. The van der Waals surface area contributed by atoms with E-state index in [9.17, 15) is 0 Å². The van der Waals surface area contributed by atoms with E-state index in [4.69, 9.17) is 24.4 Å². The number of benzene rings is 7. The van der Waals surface area contributed by atoms with E-state index in [1.54, 1.807) is 0 Å². The van der Waals surface area contributed by atoms with Crippen LogP contribution in [0.5, 0.6) is 0 Å². The molecule has 0 N–H and O–H groups in total. The van der Waals surface area contributed by atoms with Gasteiger partial charge < -0.3 is 4.42 Å². The molecule has 7 aromatic carbocycles. The van der Waals surface area contributed by atoms with E-state index in [1.165, 1.54) is 10.8 Å². The average molecular weight is 627 g/mol. The van der Waals surface area contributed by atoms with Gasteiger partial charge in [-0.25, -0.2) is 19.9 Å². The molecule has 228 valence electrons. The first kappa shape index (κ1) is 27.4. The van der Waals surface area contributed by atoms with Gasteiger partial charge in [-0.2, -0.15) is 0 Å². The van der Waals surface area contributed by atoms with Crippen molar-refractivity contribution >= 4 is 43.4 Å². The van der Waals surface area contributed by atoms with Crippen molar-refractivity contribution < 1.29 is 4.42 Å². The summed E-state index contributed by atoms with van der Waals surface area (Å²) in [4.78, 5) is 20.1. The minimum atomic E-state index is 0.605. The molecule has 0 saturated heterocycles. The fourth-order valence-electron chi connectivity index (χ4n) is 6.82. The molecule has 5 heteroatoms. The van der Waals surface area contributed by atoms with Gasteiger partial charge in [-0.1, -0.05) is 127 Å². The summed E-state index contributed by atoms with van der Waals surface area (Å²) in [5.41, 5.74) is 7.43. The summed E-state index contributed by atoms with van der Waals surface area (Å²) in [6.07, 6.45) is 0. The van der Waals surface area contributed by atoms with E-state index in [0.29, 0.717) is 17.5 Å². The first-order chi connectivity index (χ1) is 24.2. The molecule has 1 aromatic heterocycles. The average Bonchev–Trinajstić information content (AvgIpc) is 3.57. The molecule has 0 fully saturated rings. The molecule has 8 aromatic rings. The first-order valence-electron chi connectivity index (χ1n) is 16.3. The van der Waals surface area contributed by atoms with Crippen LogP contribution in [0.4, 0.5) is 0 Å². The van der Waals surface area contributed by atoms with Gasteiger partial charge in [-0.3, -0.25) is 0 Å². The third-order valence-corrected chi connectivity index (χ3v) is 9.28. The SMILES string of the molecule is c1ccc2cc(-c3nc(-c4ccc(-c5oc6ccccc6c6nc7ccccc7c5-6)cc4)nc(-c4ccc5ccccc5c4)n3)ccc2c1. The van der Waals surface area contributed by atoms with Gasteiger partial charge in [0.25, 0.3) is 0 Å². The molecule has 0 bridgehead atoms. The van der Waals surface area contributed by atoms with Gasteiger partial charge in [0.1, 0.15) is 11.3 Å². The Morgan fingerprint density at radius 2 is 0.857 bits per heavy atom. The molecular formula is C44H26N4O. The molecule has 0 saturated carbocycles. The zero-order chi connectivity index (χ0) is 32.3. The second kappa shape index (κ2) is 10.9. The Labute approximate surface area is 281 Å². The minimum Gasteiger partial charge on any atom is -0.455 e. The number of fused-ring (bicyclic) bond motifs is 7. The Hall–Kier alpha value is -6.72. The van der Waals surface area contributed by atoms with Crippen LogP contribution in [0.15, 0.2) is 162 Å². The van der Waals surface area contributed by atoms with E-state index >= 15 is 0 Å². The summed E-state index contributed by atoms with van der Waals surface area (Å²) in [6.45, 7) is 0. The number of para-hydroxylation sites is 2. The smallest absolute Gasteiger partial charge is 0.164 e. The van der Waals surface area contributed by atoms with Crippen LogP contribution >= 0.6 is 0 Å². The van der Waals surface area contributed by atoms with Crippen molar-refractivity contribution in [2.45, 2.75) is 0 Å². The van der Waals surface area contributed by atoms with Gasteiger partial charge in [0.15, 0.2) is 17.5 Å². The van der Waals surface area contributed by atoms with Crippen molar-refractivity contribution in [3.05, 3.63) is 158 Å². The molecule has 10 rings (SSSR count). The Morgan fingerprint density at radius 1 is 0.367 bits per heavy atom. The summed E-state index contributed by atoms with van der Waals surface area (Å²) in [7, 11) is 0. The molecule has 3 heterocycles. The highest BCUT2D eigenvalue weighted by Crippen LogP contribution is 2.44. The van der Waals surface area contributed by atoms with E-state index in [2.05, 4.69) is 127 Å². The Balaban J connectivity index is 1.13. The van der Waals surface area contributed by atoms with Crippen LogP contribution in [-0.2, 0) is 0 Å². The standard InChI is InChI=1S/C44H26N4O/c1-3-11-31-25-33(23-17-27(31)9-1)43-46-42(47-44(48-43)34-24-18-28-10-2-4-12-32(28)26-34)30-21-19-29(20-22-30)41-39-35-13-5-7-15-37(35)45-40(39)36-14-6-8-16-38(36)49-41/h1-26H. The van der Waals surface area contributed by atoms with Gasteiger partial charge in [-0.05, 0) is 51.9 Å². The molecule has 0 radical (unpaired) electrons. The van der Waals surface area contributed by atoms with Crippen LogP contribution in [0.1, 0.15) is 0 Å². The minimum absolute atomic E-state index is 0.605. The lowest BCUT2D eigenvalue weighted by molar-refractivity contribution is 0.622. The molecule has 0 spiro atoms. The van der Waals surface area contributed by atoms with Crippen LogP contribution in [-0.4, -0.2) is 19.9 Å². The molecule has 49 heavy (non-hydrogen) atoms. The van der Waals surface area contributed by atoms with Crippen molar-refractivity contribution in [1.29, 1.82) is 0 Å². The van der Waals surface area contributed by atoms with Crippen LogP contribution < -0.4 is 0 Å². The largest absolute Gasteiger partial charge is 0.455 e. The number of rotatable bonds is 4. The maximum absolute atomic E-state index is 6.62. The van der Waals surface area contributed by atoms with Gasteiger partial charge in [0.2, 0.25) is 0 Å². The number of hydrogen-bond acceptors (Lipinski definition) is 5. The van der Waals surface area contributed by atoms with Crippen molar-refractivity contribution in [3.63, 3.8) is 0 Å². The van der Waals surface area contributed by atoms with Crippen LogP contribution in [0.3, 0.4) is 0 Å². The fourth-order valence-corrected chi connectivity index (χ4v) is 6.82. The summed E-state index contributed by atoms with van der Waals surface area (Å²) in [5.74, 6) is 2.65. The molecule has 0 atom stereocenters. The lowest BCUT2D eigenvalue weighted by Gasteiger charge is -2.12.